The van der Waals surface area contributed by atoms with Crippen LogP contribution in [0, 0.1) is 0 Å². The summed E-state index contributed by atoms with van der Waals surface area (Å²) in [6.45, 7) is 0.417. The summed E-state index contributed by atoms with van der Waals surface area (Å²) < 4.78 is 0. The minimum Gasteiger partial charge on any atom is -0.508 e. The number of benzene rings is 2. The third-order valence-electron chi connectivity index (χ3n) is 3.20. The van der Waals surface area contributed by atoms with E-state index in [-0.39, 0.29) is 11.7 Å². The number of aldehydes is 1. The van der Waals surface area contributed by atoms with Gasteiger partial charge < -0.3 is 15.6 Å². The standard InChI is InChI=1S/C16H17NO2/c17-10-13-5-1-2-7-16(13)14(11-18)8-12-4-3-6-15(19)9-12/h1-7,9,11,14,19H,8,10,17H2. The summed E-state index contributed by atoms with van der Waals surface area (Å²) in [6, 6.07) is 14.7. The Labute approximate surface area is 112 Å². The van der Waals surface area contributed by atoms with Crippen LogP contribution in [0.4, 0.5) is 0 Å². The van der Waals surface area contributed by atoms with Crippen LogP contribution >= 0.6 is 0 Å². The molecule has 2 aromatic rings. The van der Waals surface area contributed by atoms with E-state index in [1.54, 1.807) is 18.2 Å². The molecule has 0 aromatic heterocycles. The van der Waals surface area contributed by atoms with Crippen molar-refractivity contribution in [2.45, 2.75) is 18.9 Å². The lowest BCUT2D eigenvalue weighted by atomic mass is 9.90. The van der Waals surface area contributed by atoms with Crippen LogP contribution in [0.1, 0.15) is 22.6 Å². The molecule has 3 N–H and O–H groups in total. The van der Waals surface area contributed by atoms with Crippen LogP contribution < -0.4 is 5.73 Å². The van der Waals surface area contributed by atoms with Crippen LogP contribution in [0.25, 0.3) is 0 Å². The third-order valence-corrected chi connectivity index (χ3v) is 3.20. The van der Waals surface area contributed by atoms with Crippen molar-refractivity contribution in [3.8, 4) is 5.75 Å². The molecule has 3 heteroatoms. The Morgan fingerprint density at radius 3 is 2.63 bits per heavy atom. The SMILES string of the molecule is NCc1ccccc1C(C=O)Cc1cccc(O)c1. The van der Waals surface area contributed by atoms with Gasteiger partial charge in [-0.25, -0.2) is 0 Å². The Morgan fingerprint density at radius 1 is 1.16 bits per heavy atom. The van der Waals surface area contributed by atoms with Gasteiger partial charge in [0, 0.05) is 12.5 Å². The predicted octanol–water partition coefficient (Wildman–Crippen LogP) is 2.38. The fourth-order valence-electron chi connectivity index (χ4n) is 2.25. The highest BCUT2D eigenvalue weighted by atomic mass is 16.3. The normalized spacial score (nSPS) is 12.1. The van der Waals surface area contributed by atoms with Gasteiger partial charge in [0.25, 0.3) is 0 Å². The first-order chi connectivity index (χ1) is 9.24. The van der Waals surface area contributed by atoms with Gasteiger partial charge in [0.15, 0.2) is 0 Å². The molecule has 0 heterocycles. The average Bonchev–Trinajstić information content (AvgIpc) is 2.45. The molecule has 0 saturated carbocycles. The van der Waals surface area contributed by atoms with Gasteiger partial charge in [-0.05, 0) is 35.2 Å². The smallest absolute Gasteiger partial charge is 0.127 e. The number of carbonyl (C=O) groups is 1. The Morgan fingerprint density at radius 2 is 1.95 bits per heavy atom. The van der Waals surface area contributed by atoms with Gasteiger partial charge in [-0.3, -0.25) is 0 Å². The Kier molecular flexibility index (Phi) is 4.31. The molecule has 19 heavy (non-hydrogen) atoms. The zero-order chi connectivity index (χ0) is 13.7. The maximum Gasteiger partial charge on any atom is 0.127 e. The van der Waals surface area contributed by atoms with Crippen molar-refractivity contribution >= 4 is 6.29 Å². The summed E-state index contributed by atoms with van der Waals surface area (Å²) in [5, 5.41) is 9.46. The van der Waals surface area contributed by atoms with E-state index >= 15 is 0 Å². The Balaban J connectivity index is 2.27. The second-order valence-corrected chi connectivity index (χ2v) is 4.52. The largest absolute Gasteiger partial charge is 0.508 e. The molecule has 1 atom stereocenters. The molecule has 0 aliphatic carbocycles. The van der Waals surface area contributed by atoms with Crippen molar-refractivity contribution in [3.05, 3.63) is 65.2 Å². The van der Waals surface area contributed by atoms with Crippen molar-refractivity contribution in [2.75, 3.05) is 0 Å². The highest BCUT2D eigenvalue weighted by Gasteiger charge is 2.14. The van der Waals surface area contributed by atoms with E-state index in [0.29, 0.717) is 13.0 Å². The van der Waals surface area contributed by atoms with E-state index in [0.717, 1.165) is 23.0 Å². The summed E-state index contributed by atoms with van der Waals surface area (Å²) in [6.07, 6.45) is 1.51. The van der Waals surface area contributed by atoms with Gasteiger partial charge in [-0.2, -0.15) is 0 Å². The second-order valence-electron chi connectivity index (χ2n) is 4.52. The van der Waals surface area contributed by atoms with Crippen molar-refractivity contribution in [2.24, 2.45) is 5.73 Å². The molecule has 0 saturated heterocycles. The molecular formula is C16H17NO2. The van der Waals surface area contributed by atoms with Crippen LogP contribution in [-0.2, 0) is 17.8 Å². The van der Waals surface area contributed by atoms with Crippen molar-refractivity contribution in [1.82, 2.24) is 0 Å². The molecule has 0 spiro atoms. The number of aromatic hydroxyl groups is 1. The molecule has 2 rings (SSSR count). The van der Waals surface area contributed by atoms with Crippen molar-refractivity contribution in [3.63, 3.8) is 0 Å². The lowest BCUT2D eigenvalue weighted by Crippen LogP contribution is -2.10. The van der Waals surface area contributed by atoms with E-state index in [4.69, 9.17) is 5.73 Å². The van der Waals surface area contributed by atoms with Crippen LogP contribution in [0.15, 0.2) is 48.5 Å². The van der Waals surface area contributed by atoms with Gasteiger partial charge >= 0.3 is 0 Å². The van der Waals surface area contributed by atoms with E-state index < -0.39 is 0 Å². The molecule has 2 aromatic carbocycles. The lowest BCUT2D eigenvalue weighted by molar-refractivity contribution is -0.109. The number of phenols is 1. The topological polar surface area (TPSA) is 63.3 Å². The third kappa shape index (κ3) is 3.20. The van der Waals surface area contributed by atoms with E-state index in [1.807, 2.05) is 30.3 Å². The van der Waals surface area contributed by atoms with Gasteiger partial charge in [-0.15, -0.1) is 0 Å². The number of carbonyl (C=O) groups excluding carboxylic acids is 1. The lowest BCUT2D eigenvalue weighted by Gasteiger charge is -2.14. The maximum atomic E-state index is 11.4. The van der Waals surface area contributed by atoms with Gasteiger partial charge in [-0.1, -0.05) is 36.4 Å². The minimum atomic E-state index is -0.235. The first-order valence-electron chi connectivity index (χ1n) is 6.25. The Hall–Kier alpha value is -2.13. The number of hydrogen-bond acceptors (Lipinski definition) is 3. The summed E-state index contributed by atoms with van der Waals surface area (Å²) in [5.41, 5.74) is 8.59. The van der Waals surface area contributed by atoms with Crippen molar-refractivity contribution < 1.29 is 9.90 Å². The first-order valence-corrected chi connectivity index (χ1v) is 6.25. The van der Waals surface area contributed by atoms with Crippen LogP contribution in [-0.4, -0.2) is 11.4 Å². The van der Waals surface area contributed by atoms with E-state index in [2.05, 4.69) is 0 Å². The molecule has 0 aliphatic heterocycles. The predicted molar refractivity (Wildman–Crippen MR) is 74.9 cm³/mol. The molecule has 0 bridgehead atoms. The zero-order valence-corrected chi connectivity index (χ0v) is 10.6. The minimum absolute atomic E-state index is 0.217. The monoisotopic (exact) mass is 255 g/mol. The average molecular weight is 255 g/mol. The summed E-state index contributed by atoms with van der Waals surface area (Å²) in [5.74, 6) is -0.0178. The van der Waals surface area contributed by atoms with Gasteiger partial charge in [0.1, 0.15) is 12.0 Å². The van der Waals surface area contributed by atoms with Gasteiger partial charge in [0.05, 0.1) is 0 Å². The number of rotatable bonds is 5. The molecular weight excluding hydrogens is 238 g/mol. The van der Waals surface area contributed by atoms with Crippen molar-refractivity contribution in [1.29, 1.82) is 0 Å². The highest BCUT2D eigenvalue weighted by molar-refractivity contribution is 5.64. The van der Waals surface area contributed by atoms with Crippen LogP contribution in [0.2, 0.25) is 0 Å². The molecule has 0 amide bonds. The number of nitrogens with two attached hydrogens (primary N) is 1. The van der Waals surface area contributed by atoms with Gasteiger partial charge in [0.2, 0.25) is 0 Å². The molecule has 0 fully saturated rings. The summed E-state index contributed by atoms with van der Waals surface area (Å²) >= 11 is 0. The van der Waals surface area contributed by atoms with E-state index in [9.17, 15) is 9.90 Å². The molecule has 0 aliphatic rings. The fourth-order valence-corrected chi connectivity index (χ4v) is 2.25. The fraction of sp³-hybridized carbons (Fsp3) is 0.188. The molecule has 0 radical (unpaired) electrons. The summed E-state index contributed by atoms with van der Waals surface area (Å²) in [7, 11) is 0. The number of hydrogen-bond donors (Lipinski definition) is 2. The highest BCUT2D eigenvalue weighted by Crippen LogP contribution is 2.24. The zero-order valence-electron chi connectivity index (χ0n) is 10.6. The quantitative estimate of drug-likeness (QED) is 0.806. The molecule has 1 unspecified atom stereocenters. The molecule has 98 valence electrons. The van der Waals surface area contributed by atoms with Crippen LogP contribution in [0.5, 0.6) is 5.75 Å². The van der Waals surface area contributed by atoms with E-state index in [1.165, 1.54) is 0 Å². The first kappa shape index (κ1) is 13.3. The Bertz CT molecular complexity index is 566. The second kappa shape index (κ2) is 6.16. The number of phenolic OH excluding ortho intramolecular Hbond substituents is 1. The summed E-state index contributed by atoms with van der Waals surface area (Å²) in [4.78, 5) is 11.4. The molecule has 3 nitrogen and oxygen atoms in total. The maximum absolute atomic E-state index is 11.4. The van der Waals surface area contributed by atoms with Crippen LogP contribution in [0.3, 0.4) is 0 Å².